The highest BCUT2D eigenvalue weighted by Crippen LogP contribution is 2.29. The Kier molecular flexibility index (Phi) is 6.93. The van der Waals surface area contributed by atoms with E-state index in [1.54, 1.807) is 0 Å². The van der Waals surface area contributed by atoms with Crippen LogP contribution in [0.25, 0.3) is 0 Å². The van der Waals surface area contributed by atoms with Crippen LogP contribution in [-0.4, -0.2) is 74.7 Å². The van der Waals surface area contributed by atoms with Gasteiger partial charge in [-0.25, -0.2) is 0 Å². The van der Waals surface area contributed by atoms with Crippen molar-refractivity contribution < 1.29 is 9.53 Å². The zero-order valence-corrected chi connectivity index (χ0v) is 13.6. The number of nitrogens with zero attached hydrogens (tertiary/aromatic N) is 2. The average molecular weight is 297 g/mol. The molecular weight excluding hydrogens is 266 g/mol. The van der Waals surface area contributed by atoms with E-state index in [0.29, 0.717) is 0 Å². The first-order valence-corrected chi connectivity index (χ1v) is 8.48. The van der Waals surface area contributed by atoms with Gasteiger partial charge in [-0.1, -0.05) is 6.92 Å². The highest BCUT2D eigenvalue weighted by Gasteiger charge is 2.27. The van der Waals surface area contributed by atoms with E-state index in [9.17, 15) is 4.79 Å². The van der Waals surface area contributed by atoms with E-state index in [1.165, 1.54) is 39.6 Å². The number of carbonyl (C=O) groups is 1. The lowest BCUT2D eigenvalue weighted by atomic mass is 10.1. The van der Waals surface area contributed by atoms with Crippen LogP contribution in [0.5, 0.6) is 0 Å². The second-order valence-electron chi connectivity index (χ2n) is 6.40. The van der Waals surface area contributed by atoms with Crippen molar-refractivity contribution in [2.24, 2.45) is 5.92 Å². The van der Waals surface area contributed by atoms with Crippen molar-refractivity contribution in [3.63, 3.8) is 0 Å². The Morgan fingerprint density at radius 3 is 2.48 bits per heavy atom. The molecule has 0 aromatic heterocycles. The van der Waals surface area contributed by atoms with Gasteiger partial charge >= 0.3 is 5.97 Å². The molecule has 1 N–H and O–H groups in total. The minimum atomic E-state index is -0.153. The topological polar surface area (TPSA) is 44.8 Å². The largest absolute Gasteiger partial charge is 0.468 e. The number of nitrogens with one attached hydrogen (secondary N) is 1. The summed E-state index contributed by atoms with van der Waals surface area (Å²) in [6.07, 6.45) is 4.75. The molecule has 1 saturated carbocycles. The molecule has 0 spiro atoms. The molecule has 122 valence electrons. The van der Waals surface area contributed by atoms with E-state index in [2.05, 4.69) is 22.0 Å². The van der Waals surface area contributed by atoms with Crippen molar-refractivity contribution in [3.8, 4) is 0 Å². The van der Waals surface area contributed by atoms with Gasteiger partial charge < -0.3 is 19.9 Å². The Morgan fingerprint density at radius 1 is 1.24 bits per heavy atom. The zero-order valence-electron chi connectivity index (χ0n) is 13.6. The molecule has 2 fully saturated rings. The number of piperazine rings is 1. The summed E-state index contributed by atoms with van der Waals surface area (Å²) >= 11 is 0. The van der Waals surface area contributed by atoms with Crippen molar-refractivity contribution in [1.29, 1.82) is 0 Å². The molecule has 0 bridgehead atoms. The predicted molar refractivity (Wildman–Crippen MR) is 84.3 cm³/mol. The van der Waals surface area contributed by atoms with Gasteiger partial charge in [0.2, 0.25) is 0 Å². The summed E-state index contributed by atoms with van der Waals surface area (Å²) in [6, 6.07) is -0.153. The summed E-state index contributed by atoms with van der Waals surface area (Å²) in [4.78, 5) is 16.8. The summed E-state index contributed by atoms with van der Waals surface area (Å²) in [5, 5.41) is 3.29. The maximum absolute atomic E-state index is 11.8. The minimum absolute atomic E-state index is 0.129. The van der Waals surface area contributed by atoms with Crippen LogP contribution in [0.15, 0.2) is 0 Å². The normalized spacial score (nSPS) is 22.2. The Bertz CT molecular complexity index is 313. The summed E-state index contributed by atoms with van der Waals surface area (Å²) in [6.45, 7) is 9.89. The molecule has 0 amide bonds. The lowest BCUT2D eigenvalue weighted by molar-refractivity contribution is -0.143. The number of ether oxygens (including phenoxy) is 1. The summed E-state index contributed by atoms with van der Waals surface area (Å²) < 4.78 is 4.89. The van der Waals surface area contributed by atoms with Crippen molar-refractivity contribution in [2.75, 3.05) is 52.9 Å². The third-order valence-electron chi connectivity index (χ3n) is 4.54. The lowest BCUT2D eigenvalue weighted by Gasteiger charge is -2.35. The molecule has 1 saturated heterocycles. The second kappa shape index (κ2) is 8.71. The van der Waals surface area contributed by atoms with Crippen molar-refractivity contribution in [1.82, 2.24) is 15.1 Å². The highest BCUT2D eigenvalue weighted by molar-refractivity contribution is 5.75. The van der Waals surface area contributed by atoms with Gasteiger partial charge in [-0.05, 0) is 38.1 Å². The van der Waals surface area contributed by atoms with Crippen LogP contribution >= 0.6 is 0 Å². The summed E-state index contributed by atoms with van der Waals surface area (Å²) in [5.74, 6) is 0.856. The van der Waals surface area contributed by atoms with E-state index in [-0.39, 0.29) is 12.0 Å². The van der Waals surface area contributed by atoms with Gasteiger partial charge in [0.15, 0.2) is 0 Å². The SMILES string of the molecule is CCCNC(CCN1CCN(CC2CC2)CC1)C(=O)OC. The maximum atomic E-state index is 11.8. The van der Waals surface area contributed by atoms with Gasteiger partial charge in [-0.15, -0.1) is 0 Å². The van der Waals surface area contributed by atoms with E-state index in [0.717, 1.165) is 44.9 Å². The molecule has 5 nitrogen and oxygen atoms in total. The van der Waals surface area contributed by atoms with E-state index in [4.69, 9.17) is 4.74 Å². The fraction of sp³-hybridized carbons (Fsp3) is 0.938. The Labute approximate surface area is 129 Å². The maximum Gasteiger partial charge on any atom is 0.322 e. The quantitative estimate of drug-likeness (QED) is 0.642. The monoisotopic (exact) mass is 297 g/mol. The first-order chi connectivity index (χ1) is 10.2. The van der Waals surface area contributed by atoms with Crippen molar-refractivity contribution >= 4 is 5.97 Å². The molecule has 1 aliphatic carbocycles. The molecule has 0 radical (unpaired) electrons. The number of rotatable bonds is 9. The van der Waals surface area contributed by atoms with Crippen molar-refractivity contribution in [2.45, 2.75) is 38.6 Å². The fourth-order valence-electron chi connectivity index (χ4n) is 2.94. The molecule has 0 aromatic rings. The fourth-order valence-corrected chi connectivity index (χ4v) is 2.94. The Morgan fingerprint density at radius 2 is 1.90 bits per heavy atom. The number of hydrogen-bond acceptors (Lipinski definition) is 5. The van der Waals surface area contributed by atoms with Gasteiger partial charge in [0.05, 0.1) is 7.11 Å². The Balaban J connectivity index is 1.64. The van der Waals surface area contributed by atoms with Crippen LogP contribution in [0.2, 0.25) is 0 Å². The third-order valence-corrected chi connectivity index (χ3v) is 4.54. The molecule has 21 heavy (non-hydrogen) atoms. The molecule has 1 unspecified atom stereocenters. The number of esters is 1. The molecule has 2 rings (SSSR count). The first-order valence-electron chi connectivity index (χ1n) is 8.48. The average Bonchev–Trinajstić information content (AvgIpc) is 3.32. The van der Waals surface area contributed by atoms with Gasteiger partial charge in [0, 0.05) is 39.3 Å². The molecule has 1 heterocycles. The lowest BCUT2D eigenvalue weighted by Crippen LogP contribution is -2.48. The van der Waals surface area contributed by atoms with Crippen LogP contribution in [-0.2, 0) is 9.53 Å². The molecule has 0 aromatic carbocycles. The number of hydrogen-bond donors (Lipinski definition) is 1. The minimum Gasteiger partial charge on any atom is -0.468 e. The predicted octanol–water partition coefficient (Wildman–Crippen LogP) is 0.945. The van der Waals surface area contributed by atoms with Gasteiger partial charge in [0.1, 0.15) is 6.04 Å². The molecule has 5 heteroatoms. The Hall–Kier alpha value is -0.650. The van der Waals surface area contributed by atoms with Crippen LogP contribution in [0.4, 0.5) is 0 Å². The third kappa shape index (κ3) is 5.93. The van der Waals surface area contributed by atoms with E-state index < -0.39 is 0 Å². The first kappa shape index (κ1) is 16.7. The summed E-state index contributed by atoms with van der Waals surface area (Å²) in [5.41, 5.74) is 0. The van der Waals surface area contributed by atoms with Crippen LogP contribution in [0.3, 0.4) is 0 Å². The van der Waals surface area contributed by atoms with E-state index in [1.807, 2.05) is 0 Å². The standard InChI is InChI=1S/C16H31N3O2/c1-3-7-17-15(16(20)21-2)6-8-18-9-11-19(12-10-18)13-14-4-5-14/h14-15,17H,3-13H2,1-2H3. The van der Waals surface area contributed by atoms with Gasteiger partial charge in [-0.2, -0.15) is 0 Å². The van der Waals surface area contributed by atoms with Crippen molar-refractivity contribution in [3.05, 3.63) is 0 Å². The van der Waals surface area contributed by atoms with E-state index >= 15 is 0 Å². The van der Waals surface area contributed by atoms with Gasteiger partial charge in [-0.3, -0.25) is 4.79 Å². The zero-order chi connectivity index (χ0) is 15.1. The summed E-state index contributed by atoms with van der Waals surface area (Å²) in [7, 11) is 1.47. The van der Waals surface area contributed by atoms with Gasteiger partial charge in [0.25, 0.3) is 0 Å². The molecule has 2 aliphatic rings. The van der Waals surface area contributed by atoms with Crippen LogP contribution in [0.1, 0.15) is 32.6 Å². The molecular formula is C16H31N3O2. The smallest absolute Gasteiger partial charge is 0.322 e. The number of methoxy groups -OCH3 is 1. The van der Waals surface area contributed by atoms with Crippen LogP contribution < -0.4 is 5.32 Å². The second-order valence-corrected chi connectivity index (χ2v) is 6.40. The number of carbonyl (C=O) groups excluding carboxylic acids is 1. The molecule has 1 aliphatic heterocycles. The van der Waals surface area contributed by atoms with Crippen LogP contribution in [0, 0.1) is 5.92 Å². The molecule has 1 atom stereocenters. The highest BCUT2D eigenvalue weighted by atomic mass is 16.5.